The number of halogens is 1. The lowest BCUT2D eigenvalue weighted by molar-refractivity contribution is 0.427. The van der Waals surface area contributed by atoms with E-state index in [1.54, 1.807) is 36.9 Å². The summed E-state index contributed by atoms with van der Waals surface area (Å²) in [4.78, 5) is 30.3. The minimum absolute atomic E-state index is 0.181. The fourth-order valence-electron chi connectivity index (χ4n) is 3.21. The summed E-state index contributed by atoms with van der Waals surface area (Å²) in [5.74, 6) is 0.542. The monoisotopic (exact) mass is 410 g/mol. The molecule has 0 aliphatic rings. The lowest BCUT2D eigenvalue weighted by atomic mass is 10.2. The van der Waals surface area contributed by atoms with Crippen molar-refractivity contribution in [3.05, 3.63) is 85.5 Å². The van der Waals surface area contributed by atoms with Crippen LogP contribution in [0.3, 0.4) is 0 Å². The molecule has 0 saturated heterocycles. The average Bonchev–Trinajstić information content (AvgIpc) is 3.04. The number of aromatic nitrogens is 4. The van der Waals surface area contributed by atoms with Crippen LogP contribution in [0.5, 0.6) is 11.8 Å². The van der Waals surface area contributed by atoms with Crippen molar-refractivity contribution in [2.24, 2.45) is 14.1 Å². The Hall–Kier alpha value is -3.32. The smallest absolute Gasteiger partial charge is 0.332 e. The lowest BCUT2D eigenvalue weighted by Gasteiger charge is -2.09. The number of benzene rings is 2. The van der Waals surface area contributed by atoms with Crippen LogP contribution >= 0.6 is 11.6 Å². The summed E-state index contributed by atoms with van der Waals surface area (Å²) in [6, 6.07) is 14.8. The molecule has 4 aromatic rings. The number of aryl methyl sites for hydroxylation is 3. The van der Waals surface area contributed by atoms with Gasteiger partial charge >= 0.3 is 11.7 Å². The van der Waals surface area contributed by atoms with Crippen molar-refractivity contribution in [3.8, 4) is 11.8 Å². The van der Waals surface area contributed by atoms with Crippen LogP contribution in [0.2, 0.25) is 5.02 Å². The first kappa shape index (κ1) is 19.0. The fraction of sp³-hybridized carbons (Fsp3) is 0.190. The minimum Gasteiger partial charge on any atom is -0.425 e. The molecule has 0 unspecified atom stereocenters. The van der Waals surface area contributed by atoms with Crippen LogP contribution in [-0.4, -0.2) is 18.7 Å². The van der Waals surface area contributed by atoms with Gasteiger partial charge in [0, 0.05) is 19.1 Å². The van der Waals surface area contributed by atoms with Crippen molar-refractivity contribution in [3.63, 3.8) is 0 Å². The van der Waals surface area contributed by atoms with Gasteiger partial charge in [0.15, 0.2) is 11.2 Å². The van der Waals surface area contributed by atoms with Gasteiger partial charge in [0.1, 0.15) is 5.75 Å². The second-order valence-electron chi connectivity index (χ2n) is 6.86. The van der Waals surface area contributed by atoms with Gasteiger partial charge in [0.25, 0.3) is 5.56 Å². The van der Waals surface area contributed by atoms with E-state index in [9.17, 15) is 9.59 Å². The molecule has 0 saturated carbocycles. The van der Waals surface area contributed by atoms with Crippen LogP contribution in [0, 0.1) is 6.92 Å². The van der Waals surface area contributed by atoms with Crippen molar-refractivity contribution in [2.45, 2.75) is 13.5 Å². The highest BCUT2D eigenvalue weighted by Crippen LogP contribution is 2.26. The van der Waals surface area contributed by atoms with E-state index in [4.69, 9.17) is 16.3 Å². The second kappa shape index (κ2) is 7.25. The molecule has 7 nitrogen and oxygen atoms in total. The first-order valence-electron chi connectivity index (χ1n) is 9.01. The van der Waals surface area contributed by atoms with Gasteiger partial charge in [-0.05, 0) is 36.2 Å². The Morgan fingerprint density at radius 1 is 1.03 bits per heavy atom. The van der Waals surface area contributed by atoms with Crippen molar-refractivity contribution >= 4 is 22.8 Å². The van der Waals surface area contributed by atoms with Gasteiger partial charge in [0.2, 0.25) is 0 Å². The molecule has 148 valence electrons. The minimum atomic E-state index is -0.432. The molecule has 2 aromatic heterocycles. The molecule has 2 heterocycles. The number of nitrogens with zero attached hydrogens (tertiary/aromatic N) is 4. The van der Waals surface area contributed by atoms with E-state index < -0.39 is 11.2 Å². The molecular formula is C21H19ClN4O3. The number of fused-ring (bicyclic) bond motifs is 1. The van der Waals surface area contributed by atoms with Crippen LogP contribution in [0.1, 0.15) is 11.1 Å². The van der Waals surface area contributed by atoms with Gasteiger partial charge in [-0.2, -0.15) is 4.98 Å². The lowest BCUT2D eigenvalue weighted by Crippen LogP contribution is -2.39. The van der Waals surface area contributed by atoms with E-state index in [2.05, 4.69) is 4.98 Å². The molecule has 0 aliphatic heterocycles. The van der Waals surface area contributed by atoms with Crippen LogP contribution in [0.15, 0.2) is 58.1 Å². The fourth-order valence-corrected chi connectivity index (χ4v) is 3.32. The highest BCUT2D eigenvalue weighted by atomic mass is 35.5. The topological polar surface area (TPSA) is 71.1 Å². The molecule has 4 rings (SSSR count). The molecule has 2 aromatic carbocycles. The SMILES string of the molecule is Cc1cc(Oc2nc3c(c(=O)n(Cc4ccccc4)c(=O)n3C)n2C)ccc1Cl. The number of hydrogen-bond donors (Lipinski definition) is 0. The van der Waals surface area contributed by atoms with Gasteiger partial charge in [0.05, 0.1) is 6.54 Å². The number of imidazole rings is 1. The molecular weight excluding hydrogens is 392 g/mol. The molecule has 29 heavy (non-hydrogen) atoms. The maximum absolute atomic E-state index is 13.1. The van der Waals surface area contributed by atoms with Gasteiger partial charge in [-0.3, -0.25) is 18.5 Å². The molecule has 0 spiro atoms. The van der Waals surface area contributed by atoms with E-state index in [-0.39, 0.29) is 18.2 Å². The van der Waals surface area contributed by atoms with E-state index >= 15 is 0 Å². The molecule has 8 heteroatoms. The number of hydrogen-bond acceptors (Lipinski definition) is 4. The van der Waals surface area contributed by atoms with E-state index in [1.807, 2.05) is 37.3 Å². The molecule has 0 radical (unpaired) electrons. The molecule has 0 atom stereocenters. The van der Waals surface area contributed by atoms with Crippen molar-refractivity contribution in [1.82, 2.24) is 18.7 Å². The molecule has 0 N–H and O–H groups in total. The summed E-state index contributed by atoms with van der Waals surface area (Å²) in [5.41, 5.74) is 1.44. The Kier molecular flexibility index (Phi) is 4.76. The predicted molar refractivity (Wildman–Crippen MR) is 112 cm³/mol. The Morgan fingerprint density at radius 2 is 1.76 bits per heavy atom. The van der Waals surface area contributed by atoms with E-state index in [0.717, 1.165) is 11.1 Å². The van der Waals surface area contributed by atoms with Gasteiger partial charge in [-0.25, -0.2) is 4.79 Å². The van der Waals surface area contributed by atoms with E-state index in [1.165, 1.54) is 9.13 Å². The predicted octanol–water partition coefficient (Wildman–Crippen LogP) is 3.24. The highest BCUT2D eigenvalue weighted by Gasteiger charge is 2.20. The molecule has 0 bridgehead atoms. The normalized spacial score (nSPS) is 11.2. The van der Waals surface area contributed by atoms with Crippen molar-refractivity contribution in [2.75, 3.05) is 0 Å². The zero-order valence-electron chi connectivity index (χ0n) is 16.2. The van der Waals surface area contributed by atoms with Crippen LogP contribution < -0.4 is 16.0 Å². The molecule has 0 aliphatic carbocycles. The van der Waals surface area contributed by atoms with Crippen molar-refractivity contribution < 1.29 is 4.74 Å². The first-order chi connectivity index (χ1) is 13.9. The van der Waals surface area contributed by atoms with E-state index in [0.29, 0.717) is 16.3 Å². The maximum atomic E-state index is 13.1. The Bertz CT molecular complexity index is 1340. The van der Waals surface area contributed by atoms with Crippen LogP contribution in [0.4, 0.5) is 0 Å². The second-order valence-corrected chi connectivity index (χ2v) is 7.26. The summed E-state index contributed by atoms with van der Waals surface area (Å²) in [6.45, 7) is 2.05. The third kappa shape index (κ3) is 3.34. The molecule has 0 amide bonds. The summed E-state index contributed by atoms with van der Waals surface area (Å²) in [7, 11) is 3.28. The zero-order valence-corrected chi connectivity index (χ0v) is 17.0. The first-order valence-corrected chi connectivity index (χ1v) is 9.39. The van der Waals surface area contributed by atoms with Crippen LogP contribution in [0.25, 0.3) is 11.2 Å². The number of ether oxygens (including phenoxy) is 1. The van der Waals surface area contributed by atoms with Gasteiger partial charge in [-0.1, -0.05) is 41.9 Å². The highest BCUT2D eigenvalue weighted by molar-refractivity contribution is 6.31. The summed E-state index contributed by atoms with van der Waals surface area (Å²) in [6.07, 6.45) is 0. The standard InChI is InChI=1S/C21H19ClN4O3/c1-13-11-15(9-10-16(13)22)29-20-23-18-17(24(20)2)19(27)26(21(28)25(18)3)12-14-7-5-4-6-8-14/h4-11H,12H2,1-3H3. The average molecular weight is 411 g/mol. The van der Waals surface area contributed by atoms with Gasteiger partial charge in [-0.15, -0.1) is 0 Å². The zero-order chi connectivity index (χ0) is 20.7. The number of rotatable bonds is 4. The maximum Gasteiger partial charge on any atom is 0.332 e. The van der Waals surface area contributed by atoms with Crippen LogP contribution in [-0.2, 0) is 20.6 Å². The Morgan fingerprint density at radius 3 is 2.45 bits per heavy atom. The Labute approximate surface area is 171 Å². The Balaban J connectivity index is 1.84. The van der Waals surface area contributed by atoms with Crippen molar-refractivity contribution in [1.29, 1.82) is 0 Å². The largest absolute Gasteiger partial charge is 0.425 e. The quantitative estimate of drug-likeness (QED) is 0.518. The third-order valence-corrected chi connectivity index (χ3v) is 5.27. The summed E-state index contributed by atoms with van der Waals surface area (Å²) >= 11 is 6.06. The van der Waals surface area contributed by atoms with Gasteiger partial charge < -0.3 is 4.74 Å². The summed E-state index contributed by atoms with van der Waals surface area (Å²) in [5, 5.41) is 0.633. The third-order valence-electron chi connectivity index (χ3n) is 4.84. The molecule has 0 fully saturated rings. The summed E-state index contributed by atoms with van der Waals surface area (Å²) < 4.78 is 9.99.